The van der Waals surface area contributed by atoms with Gasteiger partial charge in [-0.25, -0.2) is 12.7 Å². The van der Waals surface area contributed by atoms with E-state index in [0.717, 1.165) is 14.4 Å². The molecule has 0 aliphatic heterocycles. The number of anilines is 1. The first-order valence-electron chi connectivity index (χ1n) is 8.84. The minimum atomic E-state index is -3.54. The molecule has 0 fully saturated rings. The van der Waals surface area contributed by atoms with Crippen molar-refractivity contribution in [3.8, 4) is 5.75 Å². The van der Waals surface area contributed by atoms with Gasteiger partial charge in [0.15, 0.2) is 4.34 Å². The molecule has 0 saturated carbocycles. The molecule has 30 heavy (non-hydrogen) atoms. The highest BCUT2D eigenvalue weighted by Gasteiger charge is 2.18. The van der Waals surface area contributed by atoms with E-state index < -0.39 is 10.0 Å². The maximum atomic E-state index is 12.4. The molecule has 2 aromatic carbocycles. The molecule has 1 aromatic heterocycles. The number of aromatic nitrogens is 2. The summed E-state index contributed by atoms with van der Waals surface area (Å²) in [4.78, 5) is 12.5. The number of carbonyl (C=O) groups is 1. The van der Waals surface area contributed by atoms with E-state index in [1.165, 1.54) is 61.5 Å². The van der Waals surface area contributed by atoms with Crippen molar-refractivity contribution in [2.75, 3.05) is 31.8 Å². The van der Waals surface area contributed by atoms with Crippen LogP contribution in [0.3, 0.4) is 0 Å². The third-order valence-electron chi connectivity index (χ3n) is 3.84. The lowest BCUT2D eigenvalue weighted by molar-refractivity contribution is 0.102. The van der Waals surface area contributed by atoms with Crippen molar-refractivity contribution in [1.82, 2.24) is 14.5 Å². The summed E-state index contributed by atoms with van der Waals surface area (Å²) in [6.45, 7) is 0.526. The van der Waals surface area contributed by atoms with Crippen molar-refractivity contribution in [1.29, 1.82) is 0 Å². The second-order valence-electron chi connectivity index (χ2n) is 6.15. The molecule has 0 radical (unpaired) electrons. The van der Waals surface area contributed by atoms with Gasteiger partial charge in [0.05, 0.1) is 11.5 Å². The van der Waals surface area contributed by atoms with Crippen LogP contribution < -0.4 is 10.1 Å². The predicted molar refractivity (Wildman–Crippen MR) is 118 cm³/mol. The van der Waals surface area contributed by atoms with Gasteiger partial charge in [0.1, 0.15) is 5.75 Å². The number of thioether (sulfide) groups is 1. The number of carbonyl (C=O) groups excluding carboxylic acids is 1. The molecule has 3 rings (SSSR count). The second kappa shape index (κ2) is 10.0. The zero-order chi connectivity index (χ0) is 21.6. The SMILES string of the molecule is CN(C)S(=O)(=O)c1ccc(C(=O)Nc2nnc(SCCOc3ccccc3)s2)cc1. The molecule has 0 spiro atoms. The van der Waals surface area contributed by atoms with Crippen LogP contribution in [0.25, 0.3) is 0 Å². The number of nitrogens with zero attached hydrogens (tertiary/aromatic N) is 3. The molecule has 3 aromatic rings. The minimum Gasteiger partial charge on any atom is -0.493 e. The van der Waals surface area contributed by atoms with E-state index in [4.69, 9.17) is 4.74 Å². The zero-order valence-electron chi connectivity index (χ0n) is 16.3. The van der Waals surface area contributed by atoms with Gasteiger partial charge in [0, 0.05) is 25.4 Å². The fourth-order valence-electron chi connectivity index (χ4n) is 2.28. The number of hydrogen-bond acceptors (Lipinski definition) is 8. The number of nitrogens with one attached hydrogen (secondary N) is 1. The zero-order valence-corrected chi connectivity index (χ0v) is 18.8. The fourth-order valence-corrected chi connectivity index (χ4v) is 4.82. The highest BCUT2D eigenvalue weighted by Crippen LogP contribution is 2.26. The van der Waals surface area contributed by atoms with Gasteiger partial charge in [-0.3, -0.25) is 10.1 Å². The molecule has 0 bridgehead atoms. The smallest absolute Gasteiger partial charge is 0.257 e. The highest BCUT2D eigenvalue weighted by atomic mass is 32.2. The first kappa shape index (κ1) is 22.2. The summed E-state index contributed by atoms with van der Waals surface area (Å²) >= 11 is 2.75. The lowest BCUT2D eigenvalue weighted by Crippen LogP contribution is -2.22. The van der Waals surface area contributed by atoms with Crippen molar-refractivity contribution >= 4 is 44.2 Å². The molecule has 8 nitrogen and oxygen atoms in total. The van der Waals surface area contributed by atoms with Crippen molar-refractivity contribution < 1.29 is 17.9 Å². The molecule has 1 heterocycles. The summed E-state index contributed by atoms with van der Waals surface area (Å²) < 4.78 is 31.6. The Bertz CT molecular complexity index is 1080. The van der Waals surface area contributed by atoms with Crippen LogP contribution in [0.2, 0.25) is 0 Å². The summed E-state index contributed by atoms with van der Waals surface area (Å²) in [7, 11) is -0.629. The van der Waals surface area contributed by atoms with Crippen LogP contribution in [0.15, 0.2) is 63.8 Å². The standard InChI is InChI=1S/C19H20N4O4S3/c1-23(2)30(25,26)16-10-8-14(9-11-16)17(24)20-18-21-22-19(29-18)28-13-12-27-15-6-4-3-5-7-15/h3-11H,12-13H2,1-2H3,(H,20,21,24). The van der Waals surface area contributed by atoms with E-state index in [-0.39, 0.29) is 10.8 Å². The topological polar surface area (TPSA) is 101 Å². The van der Waals surface area contributed by atoms with Crippen LogP contribution in [0, 0.1) is 0 Å². The van der Waals surface area contributed by atoms with Gasteiger partial charge in [-0.1, -0.05) is 41.3 Å². The van der Waals surface area contributed by atoms with Crippen LogP contribution in [0.5, 0.6) is 5.75 Å². The van der Waals surface area contributed by atoms with Gasteiger partial charge in [-0.15, -0.1) is 10.2 Å². The summed E-state index contributed by atoms with van der Waals surface area (Å²) in [6.07, 6.45) is 0. The van der Waals surface area contributed by atoms with Crippen molar-refractivity contribution in [2.45, 2.75) is 9.24 Å². The van der Waals surface area contributed by atoms with E-state index in [1.807, 2.05) is 30.3 Å². The van der Waals surface area contributed by atoms with Crippen LogP contribution in [0.4, 0.5) is 5.13 Å². The van der Waals surface area contributed by atoms with E-state index >= 15 is 0 Å². The Morgan fingerprint density at radius 2 is 1.80 bits per heavy atom. The summed E-state index contributed by atoms with van der Waals surface area (Å²) in [5.74, 6) is 1.12. The maximum Gasteiger partial charge on any atom is 0.257 e. The van der Waals surface area contributed by atoms with Gasteiger partial charge in [-0.05, 0) is 36.4 Å². The van der Waals surface area contributed by atoms with Crippen molar-refractivity contribution in [3.63, 3.8) is 0 Å². The Kier molecular flexibility index (Phi) is 7.43. The quantitative estimate of drug-likeness (QED) is 0.295. The first-order chi connectivity index (χ1) is 14.4. The Morgan fingerprint density at radius 3 is 2.47 bits per heavy atom. The number of hydrogen-bond donors (Lipinski definition) is 1. The van der Waals surface area contributed by atoms with Gasteiger partial charge in [0.25, 0.3) is 5.91 Å². The lowest BCUT2D eigenvalue weighted by atomic mass is 10.2. The Morgan fingerprint density at radius 1 is 1.10 bits per heavy atom. The molecule has 158 valence electrons. The van der Waals surface area contributed by atoms with Gasteiger partial charge in [0.2, 0.25) is 15.2 Å². The third-order valence-corrected chi connectivity index (χ3v) is 7.61. The van der Waals surface area contributed by atoms with Crippen LogP contribution in [-0.4, -0.2) is 55.3 Å². The maximum absolute atomic E-state index is 12.4. The summed E-state index contributed by atoms with van der Waals surface area (Å²) in [6, 6.07) is 15.3. The molecular weight excluding hydrogens is 444 g/mol. The lowest BCUT2D eigenvalue weighted by Gasteiger charge is -2.11. The van der Waals surface area contributed by atoms with E-state index in [0.29, 0.717) is 23.1 Å². The van der Waals surface area contributed by atoms with Gasteiger partial charge < -0.3 is 4.74 Å². The first-order valence-corrected chi connectivity index (χ1v) is 12.1. The molecule has 0 aliphatic carbocycles. The van der Waals surface area contributed by atoms with Crippen LogP contribution in [-0.2, 0) is 10.0 Å². The number of sulfonamides is 1. The number of rotatable bonds is 9. The minimum absolute atomic E-state index is 0.122. The predicted octanol–water partition coefficient (Wildman–Crippen LogP) is 3.21. The Hall–Kier alpha value is -2.47. The molecule has 1 N–H and O–H groups in total. The molecule has 1 amide bonds. The van der Waals surface area contributed by atoms with Crippen molar-refractivity contribution in [2.24, 2.45) is 0 Å². The monoisotopic (exact) mass is 464 g/mol. The molecule has 0 aliphatic rings. The molecule has 0 unspecified atom stereocenters. The Balaban J connectivity index is 1.51. The van der Waals surface area contributed by atoms with E-state index in [2.05, 4.69) is 15.5 Å². The van der Waals surface area contributed by atoms with Crippen LogP contribution in [0.1, 0.15) is 10.4 Å². The van der Waals surface area contributed by atoms with Crippen molar-refractivity contribution in [3.05, 3.63) is 60.2 Å². The molecule has 0 saturated heterocycles. The number of amides is 1. The summed E-state index contributed by atoms with van der Waals surface area (Å²) in [5, 5.41) is 11.1. The fraction of sp³-hybridized carbons (Fsp3) is 0.211. The number of ether oxygens (including phenoxy) is 1. The average Bonchev–Trinajstić information content (AvgIpc) is 3.19. The molecular formula is C19H20N4O4S3. The normalized spacial score (nSPS) is 11.4. The molecule has 11 heteroatoms. The van der Waals surface area contributed by atoms with Gasteiger partial charge in [-0.2, -0.15) is 0 Å². The second-order valence-corrected chi connectivity index (χ2v) is 10.6. The van der Waals surface area contributed by atoms with Gasteiger partial charge >= 0.3 is 0 Å². The number of para-hydroxylation sites is 1. The number of benzene rings is 2. The van der Waals surface area contributed by atoms with E-state index in [9.17, 15) is 13.2 Å². The summed E-state index contributed by atoms with van der Waals surface area (Å²) in [5.41, 5.74) is 0.327. The Labute approximate surface area is 183 Å². The van der Waals surface area contributed by atoms with Crippen LogP contribution >= 0.6 is 23.1 Å². The molecule has 0 atom stereocenters. The third kappa shape index (κ3) is 5.79. The largest absolute Gasteiger partial charge is 0.493 e. The average molecular weight is 465 g/mol. The van der Waals surface area contributed by atoms with E-state index in [1.54, 1.807) is 0 Å². The highest BCUT2D eigenvalue weighted by molar-refractivity contribution is 8.01.